The van der Waals surface area contributed by atoms with Gasteiger partial charge in [-0.2, -0.15) is 0 Å². The molecule has 0 bridgehead atoms. The molecule has 0 N–H and O–H groups in total. The van der Waals surface area contributed by atoms with Gasteiger partial charge in [0.1, 0.15) is 0 Å². The Labute approximate surface area is 63.2 Å². The molecule has 0 aliphatic rings. The van der Waals surface area contributed by atoms with Crippen LogP contribution in [0.15, 0.2) is 29.4 Å². The number of hydrogen-bond donors (Lipinski definition) is 0. The van der Waals surface area contributed by atoms with Crippen molar-refractivity contribution in [3.05, 3.63) is 24.4 Å². The van der Waals surface area contributed by atoms with E-state index in [1.54, 1.807) is 6.20 Å². The van der Waals surface area contributed by atoms with E-state index in [2.05, 4.69) is 24.9 Å². The maximum atomic E-state index is 4.00. The first-order chi connectivity index (χ1) is 4.91. The molecule has 0 radical (unpaired) electrons. The van der Waals surface area contributed by atoms with Crippen LogP contribution >= 0.6 is 0 Å². The van der Waals surface area contributed by atoms with E-state index < -0.39 is 0 Å². The third kappa shape index (κ3) is 7.15. The van der Waals surface area contributed by atoms with Gasteiger partial charge in [0.25, 0.3) is 0 Å². The van der Waals surface area contributed by atoms with Crippen LogP contribution in [0.2, 0.25) is 0 Å². The van der Waals surface area contributed by atoms with Crippen LogP contribution < -0.4 is 0 Å². The minimum Gasteiger partial charge on any atom is -0.269 e. The average Bonchev–Trinajstić information content (AvgIpc) is 1.97. The summed E-state index contributed by atoms with van der Waals surface area (Å²) in [6, 6.07) is 0. The Morgan fingerprint density at radius 3 is 2.50 bits per heavy atom. The molecule has 0 amide bonds. The number of hydrogen-bond acceptors (Lipinski definition) is 1. The molecule has 0 aromatic rings. The van der Waals surface area contributed by atoms with Crippen LogP contribution in [0.25, 0.3) is 0 Å². The molecule has 0 aliphatic heterocycles. The molecule has 0 spiro atoms. The fourth-order valence-electron chi connectivity index (χ4n) is 0.480. The zero-order valence-electron chi connectivity index (χ0n) is 6.75. The lowest BCUT2D eigenvalue weighted by Gasteiger charge is -1.75. The molecule has 0 heterocycles. The maximum Gasteiger partial charge on any atom is 0.0263 e. The summed E-state index contributed by atoms with van der Waals surface area (Å²) >= 11 is 0. The third-order valence-corrected chi connectivity index (χ3v) is 0.943. The molecule has 0 aliphatic carbocycles. The van der Waals surface area contributed by atoms with Gasteiger partial charge < -0.3 is 0 Å². The summed E-state index contributed by atoms with van der Waals surface area (Å²) in [4.78, 5) is 4.00. The van der Waals surface area contributed by atoms with Crippen molar-refractivity contribution < 1.29 is 0 Å². The Kier molecular flexibility index (Phi) is 7.46. The predicted molar refractivity (Wildman–Crippen MR) is 47.4 cm³/mol. The molecule has 0 rings (SSSR count). The Hall–Kier alpha value is -0.850. The second-order valence-electron chi connectivity index (χ2n) is 1.92. The molecule has 0 saturated heterocycles. The highest BCUT2D eigenvalue weighted by atomic mass is 14.7. The van der Waals surface area contributed by atoms with Crippen LogP contribution in [-0.2, 0) is 0 Å². The number of nitrogens with zero attached hydrogens (tertiary/aromatic N) is 1. The van der Waals surface area contributed by atoms with Gasteiger partial charge >= 0.3 is 0 Å². The molecule has 0 fully saturated rings. The van der Waals surface area contributed by atoms with Gasteiger partial charge in [0, 0.05) is 12.4 Å². The summed E-state index contributed by atoms with van der Waals surface area (Å²) in [5.41, 5.74) is 0. The van der Waals surface area contributed by atoms with Crippen LogP contribution in [0.4, 0.5) is 0 Å². The van der Waals surface area contributed by atoms with E-state index in [9.17, 15) is 0 Å². The van der Waals surface area contributed by atoms with Crippen molar-refractivity contribution >= 4 is 6.21 Å². The fraction of sp³-hybridized carbons (Fsp3) is 0.444. The summed E-state index contributed by atoms with van der Waals surface area (Å²) < 4.78 is 0. The van der Waals surface area contributed by atoms with Gasteiger partial charge in [-0.25, -0.2) is 0 Å². The van der Waals surface area contributed by atoms with E-state index in [0.717, 1.165) is 12.8 Å². The van der Waals surface area contributed by atoms with Crippen molar-refractivity contribution in [1.29, 1.82) is 0 Å². The van der Waals surface area contributed by atoms with E-state index in [1.165, 1.54) is 0 Å². The van der Waals surface area contributed by atoms with Gasteiger partial charge in [0.2, 0.25) is 0 Å². The summed E-state index contributed by atoms with van der Waals surface area (Å²) in [7, 11) is 0. The summed E-state index contributed by atoms with van der Waals surface area (Å²) in [6.07, 6.45) is 11.8. The number of rotatable bonds is 4. The average molecular weight is 137 g/mol. The first-order valence-corrected chi connectivity index (χ1v) is 3.75. The number of allylic oxidation sites excluding steroid dienone is 3. The van der Waals surface area contributed by atoms with Crippen LogP contribution in [-0.4, -0.2) is 6.21 Å². The highest BCUT2D eigenvalue weighted by Crippen LogP contribution is 1.82. The largest absolute Gasteiger partial charge is 0.269 e. The fourth-order valence-corrected chi connectivity index (χ4v) is 0.480. The Morgan fingerprint density at radius 2 is 1.90 bits per heavy atom. The molecule has 0 unspecified atom stereocenters. The molecule has 10 heavy (non-hydrogen) atoms. The highest BCUT2D eigenvalue weighted by Gasteiger charge is 1.63. The maximum absolute atomic E-state index is 4.00. The van der Waals surface area contributed by atoms with E-state index in [1.807, 2.05) is 18.4 Å². The van der Waals surface area contributed by atoms with Gasteiger partial charge in [-0.3, -0.25) is 4.99 Å². The zero-order chi connectivity index (χ0) is 7.66. The van der Waals surface area contributed by atoms with E-state index in [0.29, 0.717) is 0 Å². The summed E-state index contributed by atoms with van der Waals surface area (Å²) in [5.74, 6) is 0. The Bertz CT molecular complexity index is 116. The molecular weight excluding hydrogens is 122 g/mol. The topological polar surface area (TPSA) is 12.4 Å². The monoisotopic (exact) mass is 137 g/mol. The smallest absolute Gasteiger partial charge is 0.0263 e. The van der Waals surface area contributed by atoms with Crippen LogP contribution in [0, 0.1) is 0 Å². The van der Waals surface area contributed by atoms with Gasteiger partial charge in [-0.05, 0) is 18.9 Å². The summed E-state index contributed by atoms with van der Waals surface area (Å²) in [5, 5.41) is 0. The first-order valence-electron chi connectivity index (χ1n) is 3.75. The van der Waals surface area contributed by atoms with Crippen molar-refractivity contribution in [3.63, 3.8) is 0 Å². The SMILES string of the molecule is CCC=N/C=C\C=C/CC. The zero-order valence-corrected chi connectivity index (χ0v) is 6.75. The van der Waals surface area contributed by atoms with Crippen LogP contribution in [0.3, 0.4) is 0 Å². The quantitative estimate of drug-likeness (QED) is 0.417. The summed E-state index contributed by atoms with van der Waals surface area (Å²) in [6.45, 7) is 4.18. The first kappa shape index (κ1) is 9.15. The molecule has 56 valence electrons. The van der Waals surface area contributed by atoms with E-state index in [4.69, 9.17) is 0 Å². The van der Waals surface area contributed by atoms with Gasteiger partial charge in [0.15, 0.2) is 0 Å². The molecule has 1 heteroatoms. The normalized spacial score (nSPS) is 12.6. The van der Waals surface area contributed by atoms with Crippen molar-refractivity contribution in [3.8, 4) is 0 Å². The molecule has 0 atom stereocenters. The second-order valence-corrected chi connectivity index (χ2v) is 1.92. The van der Waals surface area contributed by atoms with E-state index in [-0.39, 0.29) is 0 Å². The van der Waals surface area contributed by atoms with E-state index >= 15 is 0 Å². The predicted octanol–water partition coefficient (Wildman–Crippen LogP) is 2.95. The van der Waals surface area contributed by atoms with Gasteiger partial charge in [-0.1, -0.05) is 26.0 Å². The molecule has 0 aromatic heterocycles. The highest BCUT2D eigenvalue weighted by molar-refractivity contribution is 5.57. The van der Waals surface area contributed by atoms with Crippen molar-refractivity contribution in [1.82, 2.24) is 0 Å². The Balaban J connectivity index is 3.37. The molecule has 1 nitrogen and oxygen atoms in total. The minimum atomic E-state index is 1.00. The molecule has 0 saturated carbocycles. The lowest BCUT2D eigenvalue weighted by molar-refractivity contribution is 1.22. The van der Waals surface area contributed by atoms with Crippen molar-refractivity contribution in [2.75, 3.05) is 0 Å². The molecule has 0 aromatic carbocycles. The standard InChI is InChI=1S/C9H15N/c1-3-5-6-7-9-10-8-4-2/h5-9H,3-4H2,1-2H3/b6-5-,9-7-,10-8?. The molecular formula is C9H15N. The van der Waals surface area contributed by atoms with Crippen LogP contribution in [0.5, 0.6) is 0 Å². The lowest BCUT2D eigenvalue weighted by Crippen LogP contribution is -1.62. The number of aliphatic imine (C=N–C) groups is 1. The van der Waals surface area contributed by atoms with Gasteiger partial charge in [0.05, 0.1) is 0 Å². The van der Waals surface area contributed by atoms with Gasteiger partial charge in [-0.15, -0.1) is 0 Å². The minimum absolute atomic E-state index is 1.00. The van der Waals surface area contributed by atoms with Crippen LogP contribution in [0.1, 0.15) is 26.7 Å². The van der Waals surface area contributed by atoms with Crippen molar-refractivity contribution in [2.24, 2.45) is 4.99 Å². The third-order valence-electron chi connectivity index (χ3n) is 0.943. The second kappa shape index (κ2) is 8.15. The Morgan fingerprint density at radius 1 is 1.10 bits per heavy atom. The van der Waals surface area contributed by atoms with Crippen molar-refractivity contribution in [2.45, 2.75) is 26.7 Å². The lowest BCUT2D eigenvalue weighted by atomic mass is 10.4.